The lowest BCUT2D eigenvalue weighted by Crippen LogP contribution is -2.57. The number of esters is 1. The molecule has 1 spiro atoms. The van der Waals surface area contributed by atoms with Gasteiger partial charge in [0.1, 0.15) is 0 Å². The van der Waals surface area contributed by atoms with Gasteiger partial charge >= 0.3 is 5.97 Å². The third kappa shape index (κ3) is 4.82. The van der Waals surface area contributed by atoms with Crippen LogP contribution in [-0.4, -0.2) is 64.0 Å². The molecule has 2 aliphatic heterocycles. The Morgan fingerprint density at radius 1 is 1.11 bits per heavy atom. The van der Waals surface area contributed by atoms with E-state index >= 15 is 0 Å². The minimum absolute atomic E-state index is 0.103. The highest BCUT2D eigenvalue weighted by Gasteiger charge is 2.58. The molecule has 1 unspecified atom stereocenters. The topological polar surface area (TPSA) is 76.9 Å². The van der Waals surface area contributed by atoms with Gasteiger partial charge < -0.3 is 4.74 Å². The van der Waals surface area contributed by atoms with E-state index in [0.29, 0.717) is 32.5 Å². The number of ether oxygens (including phenoxy) is 1. The van der Waals surface area contributed by atoms with Crippen LogP contribution in [0.25, 0.3) is 16.9 Å². The van der Waals surface area contributed by atoms with E-state index in [0.717, 1.165) is 22.5 Å². The zero-order valence-corrected chi connectivity index (χ0v) is 21.1. The summed E-state index contributed by atoms with van der Waals surface area (Å²) in [6.45, 7) is 6.03. The molecule has 2 saturated heterocycles. The maximum absolute atomic E-state index is 12.8. The van der Waals surface area contributed by atoms with Gasteiger partial charge in [-0.15, -0.1) is 6.58 Å². The molecule has 0 aliphatic carbocycles. The number of methoxy groups -OCH3 is 1. The Bertz CT molecular complexity index is 1250. The van der Waals surface area contributed by atoms with E-state index in [1.54, 1.807) is 6.08 Å². The van der Waals surface area contributed by atoms with E-state index in [1.165, 1.54) is 12.2 Å². The molecule has 8 heteroatoms. The van der Waals surface area contributed by atoms with E-state index in [2.05, 4.69) is 29.8 Å². The quantitative estimate of drug-likeness (QED) is 0.344. The molecule has 192 valence electrons. The van der Waals surface area contributed by atoms with Gasteiger partial charge in [0.05, 0.1) is 36.6 Å². The second kappa shape index (κ2) is 10.7. The minimum atomic E-state index is -0.708. The number of carbonyl (C=O) groups excluding carboxylic acids is 2. The maximum atomic E-state index is 12.8. The van der Waals surface area contributed by atoms with Crippen LogP contribution in [0.4, 0.5) is 0 Å². The normalized spacial score (nSPS) is 19.3. The number of piperidine rings is 1. The highest BCUT2D eigenvalue weighted by Crippen LogP contribution is 2.44. The van der Waals surface area contributed by atoms with Crippen LogP contribution < -0.4 is 0 Å². The third-order valence-corrected chi connectivity index (χ3v) is 7.44. The summed E-state index contributed by atoms with van der Waals surface area (Å²) in [5.41, 5.74) is 3.43. The fourth-order valence-corrected chi connectivity index (χ4v) is 5.58. The molecule has 3 heterocycles. The van der Waals surface area contributed by atoms with Crippen LogP contribution in [0.15, 0.2) is 79.5 Å². The van der Waals surface area contributed by atoms with Gasteiger partial charge in [-0.3, -0.25) is 19.3 Å². The third-order valence-electron chi connectivity index (χ3n) is 7.44. The van der Waals surface area contributed by atoms with Crippen molar-refractivity contribution in [1.82, 2.24) is 19.7 Å². The molecule has 5 rings (SSSR count). The number of hydroxylamine groups is 2. The van der Waals surface area contributed by atoms with Gasteiger partial charge in [0.15, 0.2) is 0 Å². The van der Waals surface area contributed by atoms with Gasteiger partial charge in [-0.1, -0.05) is 54.6 Å². The molecule has 37 heavy (non-hydrogen) atoms. The highest BCUT2D eigenvalue weighted by molar-refractivity contribution is 5.88. The number of hydrogen-bond donors (Lipinski definition) is 0. The summed E-state index contributed by atoms with van der Waals surface area (Å²) in [6.07, 6.45) is 5.03. The fourth-order valence-electron chi connectivity index (χ4n) is 5.58. The molecule has 1 amide bonds. The van der Waals surface area contributed by atoms with Crippen LogP contribution in [0.1, 0.15) is 24.8 Å². The molecule has 2 aliphatic rings. The Morgan fingerprint density at radius 2 is 1.78 bits per heavy atom. The first-order chi connectivity index (χ1) is 18.1. The largest absolute Gasteiger partial charge is 0.469 e. The lowest BCUT2D eigenvalue weighted by molar-refractivity contribution is -0.218. The van der Waals surface area contributed by atoms with Crippen molar-refractivity contribution >= 4 is 11.9 Å². The number of aromatic nitrogens is 2. The summed E-state index contributed by atoms with van der Waals surface area (Å²) in [5.74, 6) is -1.08. The fraction of sp³-hybridized carbons (Fsp3) is 0.345. The standard InChI is InChI=1S/C29H32N4O4/c1-3-18-37-33-26(34)19-25(28(35)36-2)29(33)14-16-31(17-15-29)20-23-21-32(24-12-8-5-9-13-24)30-27(23)22-10-6-4-7-11-22/h3-13,21,25H,1,14-20H2,2H3. The summed E-state index contributed by atoms with van der Waals surface area (Å²) in [7, 11) is 1.37. The first kappa shape index (κ1) is 24.9. The van der Waals surface area contributed by atoms with Gasteiger partial charge in [-0.2, -0.15) is 5.10 Å². The van der Waals surface area contributed by atoms with E-state index in [-0.39, 0.29) is 24.9 Å². The van der Waals surface area contributed by atoms with Gasteiger partial charge in [-0.05, 0) is 25.0 Å². The number of nitrogens with zero attached hydrogens (tertiary/aromatic N) is 4. The lowest BCUT2D eigenvalue weighted by atomic mass is 9.77. The Labute approximate surface area is 217 Å². The number of likely N-dealkylation sites (tertiary alicyclic amines) is 1. The van der Waals surface area contributed by atoms with Crippen LogP contribution in [0, 0.1) is 5.92 Å². The van der Waals surface area contributed by atoms with Crippen molar-refractivity contribution in [3.8, 4) is 16.9 Å². The molecular formula is C29H32N4O4. The summed E-state index contributed by atoms with van der Waals surface area (Å²) < 4.78 is 7.00. The molecule has 2 aromatic carbocycles. The molecule has 0 N–H and O–H groups in total. The van der Waals surface area contributed by atoms with Crippen LogP contribution >= 0.6 is 0 Å². The average molecular weight is 501 g/mol. The molecule has 0 saturated carbocycles. The van der Waals surface area contributed by atoms with Crippen LogP contribution in [0.5, 0.6) is 0 Å². The molecule has 1 atom stereocenters. The number of para-hydroxylation sites is 1. The second-order valence-electron chi connectivity index (χ2n) is 9.58. The molecular weight excluding hydrogens is 468 g/mol. The van der Waals surface area contributed by atoms with Crippen molar-refractivity contribution in [1.29, 1.82) is 0 Å². The summed E-state index contributed by atoms with van der Waals surface area (Å²) in [4.78, 5) is 33.6. The van der Waals surface area contributed by atoms with E-state index in [4.69, 9.17) is 14.7 Å². The average Bonchev–Trinajstić information content (AvgIpc) is 3.48. The lowest BCUT2D eigenvalue weighted by Gasteiger charge is -2.45. The van der Waals surface area contributed by atoms with Gasteiger partial charge in [0.25, 0.3) is 0 Å². The predicted octanol–water partition coefficient (Wildman–Crippen LogP) is 4.01. The smallest absolute Gasteiger partial charge is 0.311 e. The maximum Gasteiger partial charge on any atom is 0.311 e. The van der Waals surface area contributed by atoms with Gasteiger partial charge in [0, 0.05) is 43.4 Å². The molecule has 8 nitrogen and oxygen atoms in total. The van der Waals surface area contributed by atoms with Crippen molar-refractivity contribution in [3.05, 3.63) is 85.1 Å². The Morgan fingerprint density at radius 3 is 2.43 bits per heavy atom. The predicted molar refractivity (Wildman–Crippen MR) is 139 cm³/mol. The summed E-state index contributed by atoms with van der Waals surface area (Å²) in [5, 5.41) is 6.38. The molecule has 0 radical (unpaired) electrons. The SMILES string of the molecule is C=CCON1C(=O)CC(C(=O)OC)C12CCN(Cc1cn(-c3ccccc3)nc1-c1ccccc1)CC2. The highest BCUT2D eigenvalue weighted by atomic mass is 16.7. The molecule has 0 bridgehead atoms. The number of amides is 1. The van der Waals surface area contributed by atoms with Crippen molar-refractivity contribution in [3.63, 3.8) is 0 Å². The van der Waals surface area contributed by atoms with Crippen molar-refractivity contribution < 1.29 is 19.2 Å². The number of benzene rings is 2. The van der Waals surface area contributed by atoms with Crippen molar-refractivity contribution in [2.45, 2.75) is 31.3 Å². The second-order valence-corrected chi connectivity index (χ2v) is 9.58. The zero-order chi connectivity index (χ0) is 25.8. The molecule has 2 fully saturated rings. The monoisotopic (exact) mass is 500 g/mol. The van der Waals surface area contributed by atoms with E-state index in [9.17, 15) is 9.59 Å². The zero-order valence-electron chi connectivity index (χ0n) is 21.1. The summed E-state index contributed by atoms with van der Waals surface area (Å²) >= 11 is 0. The molecule has 1 aromatic heterocycles. The number of carbonyl (C=O) groups is 2. The van der Waals surface area contributed by atoms with Crippen LogP contribution in [-0.2, 0) is 25.7 Å². The number of hydrogen-bond acceptors (Lipinski definition) is 6. The molecule has 3 aromatic rings. The van der Waals surface area contributed by atoms with E-state index in [1.807, 2.05) is 53.2 Å². The first-order valence-electron chi connectivity index (χ1n) is 12.6. The van der Waals surface area contributed by atoms with Crippen LogP contribution in [0.2, 0.25) is 0 Å². The Hall–Kier alpha value is -3.75. The van der Waals surface area contributed by atoms with Crippen molar-refractivity contribution in [2.24, 2.45) is 5.92 Å². The van der Waals surface area contributed by atoms with E-state index < -0.39 is 11.5 Å². The summed E-state index contributed by atoms with van der Waals surface area (Å²) in [6, 6.07) is 20.3. The van der Waals surface area contributed by atoms with Crippen molar-refractivity contribution in [2.75, 3.05) is 26.8 Å². The minimum Gasteiger partial charge on any atom is -0.469 e. The van der Waals surface area contributed by atoms with Crippen LogP contribution in [0.3, 0.4) is 0 Å². The Kier molecular flexibility index (Phi) is 7.21. The Balaban J connectivity index is 1.39. The van der Waals surface area contributed by atoms with Gasteiger partial charge in [-0.25, -0.2) is 9.75 Å². The van der Waals surface area contributed by atoms with Gasteiger partial charge in [0.2, 0.25) is 5.91 Å². The number of rotatable bonds is 8. The first-order valence-corrected chi connectivity index (χ1v) is 12.6.